The molecule has 0 aliphatic heterocycles. The SMILES string of the molecule is COC(=O)c1cc(CN=C(N)Nc2cc(C)cc(C)c2)ccc1OC.I. The van der Waals surface area contributed by atoms with Crippen molar-refractivity contribution in [1.29, 1.82) is 0 Å². The van der Waals surface area contributed by atoms with Gasteiger partial charge in [-0.2, -0.15) is 0 Å². The van der Waals surface area contributed by atoms with Crippen LogP contribution in [0.3, 0.4) is 0 Å². The monoisotopic (exact) mass is 469 g/mol. The van der Waals surface area contributed by atoms with Crippen LogP contribution in [0, 0.1) is 13.8 Å². The Morgan fingerprint density at radius 2 is 1.77 bits per heavy atom. The highest BCUT2D eigenvalue weighted by Crippen LogP contribution is 2.21. The molecule has 0 bridgehead atoms. The van der Waals surface area contributed by atoms with Gasteiger partial charge in [-0.3, -0.25) is 0 Å². The molecule has 140 valence electrons. The fraction of sp³-hybridized carbons (Fsp3) is 0.263. The largest absolute Gasteiger partial charge is 0.496 e. The summed E-state index contributed by atoms with van der Waals surface area (Å²) in [6, 6.07) is 11.3. The van der Waals surface area contributed by atoms with E-state index in [1.54, 1.807) is 12.1 Å². The average molecular weight is 469 g/mol. The Bertz CT molecular complexity index is 786. The first-order chi connectivity index (χ1) is 11.9. The number of rotatable bonds is 5. The standard InChI is InChI=1S/C19H23N3O3.HI/c1-12-7-13(2)9-15(8-12)22-19(20)21-11-14-5-6-17(24-3)16(10-14)18(23)25-4;/h5-10H,11H2,1-4H3,(H3,20,21,22);1H. The highest BCUT2D eigenvalue weighted by molar-refractivity contribution is 14.0. The maximum atomic E-state index is 11.8. The molecule has 0 saturated heterocycles. The molecule has 0 spiro atoms. The number of guanidine groups is 1. The molecule has 0 aliphatic carbocycles. The minimum absolute atomic E-state index is 0. The third-order valence-electron chi connectivity index (χ3n) is 3.60. The Morgan fingerprint density at radius 3 is 2.35 bits per heavy atom. The molecule has 0 aromatic heterocycles. The zero-order valence-corrected chi connectivity index (χ0v) is 17.7. The first-order valence-corrected chi connectivity index (χ1v) is 7.83. The minimum atomic E-state index is -0.455. The normalized spacial score (nSPS) is 10.7. The molecule has 2 aromatic rings. The van der Waals surface area contributed by atoms with E-state index < -0.39 is 5.97 Å². The number of halogens is 1. The fourth-order valence-electron chi connectivity index (χ4n) is 2.53. The maximum Gasteiger partial charge on any atom is 0.341 e. The molecule has 3 N–H and O–H groups in total. The molecule has 0 atom stereocenters. The number of hydrogen-bond acceptors (Lipinski definition) is 4. The lowest BCUT2D eigenvalue weighted by molar-refractivity contribution is 0.0597. The lowest BCUT2D eigenvalue weighted by Crippen LogP contribution is -2.22. The van der Waals surface area contributed by atoms with Gasteiger partial charge in [-0.1, -0.05) is 12.1 Å². The Labute approximate surface area is 170 Å². The summed E-state index contributed by atoms with van der Waals surface area (Å²) in [5.41, 5.74) is 10.3. The number of aliphatic imine (C=N–C) groups is 1. The van der Waals surface area contributed by atoms with Gasteiger partial charge in [0, 0.05) is 5.69 Å². The van der Waals surface area contributed by atoms with Gasteiger partial charge in [0.15, 0.2) is 5.96 Å². The molecule has 0 amide bonds. The molecule has 26 heavy (non-hydrogen) atoms. The number of ether oxygens (including phenoxy) is 2. The molecule has 6 nitrogen and oxygen atoms in total. The van der Waals surface area contributed by atoms with E-state index in [1.165, 1.54) is 14.2 Å². The van der Waals surface area contributed by atoms with E-state index in [2.05, 4.69) is 16.4 Å². The van der Waals surface area contributed by atoms with Crippen molar-refractivity contribution < 1.29 is 14.3 Å². The van der Waals surface area contributed by atoms with Crippen molar-refractivity contribution in [1.82, 2.24) is 0 Å². The average Bonchev–Trinajstić information content (AvgIpc) is 2.58. The zero-order valence-electron chi connectivity index (χ0n) is 15.3. The van der Waals surface area contributed by atoms with Crippen molar-refractivity contribution in [3.63, 3.8) is 0 Å². The second-order valence-electron chi connectivity index (χ2n) is 5.73. The number of anilines is 1. The van der Waals surface area contributed by atoms with Gasteiger partial charge in [0.05, 0.1) is 20.8 Å². The third kappa shape index (κ3) is 5.91. The first kappa shape index (κ1) is 21.8. The Kier molecular flexibility index (Phi) is 8.37. The molecule has 2 rings (SSSR count). The zero-order chi connectivity index (χ0) is 18.4. The van der Waals surface area contributed by atoms with Gasteiger partial charge >= 0.3 is 5.97 Å². The molecule has 2 aromatic carbocycles. The third-order valence-corrected chi connectivity index (χ3v) is 3.60. The van der Waals surface area contributed by atoms with E-state index in [1.807, 2.05) is 32.0 Å². The van der Waals surface area contributed by atoms with Crippen molar-refractivity contribution in [2.75, 3.05) is 19.5 Å². The molecule has 0 radical (unpaired) electrons. The molecule has 0 aliphatic rings. The lowest BCUT2D eigenvalue weighted by Gasteiger charge is -2.10. The lowest BCUT2D eigenvalue weighted by atomic mass is 10.1. The van der Waals surface area contributed by atoms with E-state index in [-0.39, 0.29) is 24.0 Å². The summed E-state index contributed by atoms with van der Waals surface area (Å²) < 4.78 is 9.95. The number of nitrogens with two attached hydrogens (primary N) is 1. The fourth-order valence-corrected chi connectivity index (χ4v) is 2.53. The van der Waals surface area contributed by atoms with Crippen LogP contribution in [0.5, 0.6) is 5.75 Å². The summed E-state index contributed by atoms with van der Waals surface area (Å²) in [7, 11) is 2.84. The second kappa shape index (κ2) is 10.0. The molecule has 0 unspecified atom stereocenters. The van der Waals surface area contributed by atoms with Gasteiger partial charge in [-0.05, 0) is 54.8 Å². The topological polar surface area (TPSA) is 85.9 Å². The van der Waals surface area contributed by atoms with Crippen molar-refractivity contribution in [2.24, 2.45) is 10.7 Å². The number of aryl methyl sites for hydroxylation is 2. The van der Waals surface area contributed by atoms with E-state index >= 15 is 0 Å². The van der Waals surface area contributed by atoms with E-state index in [0.717, 1.165) is 22.4 Å². The number of benzene rings is 2. The quantitative estimate of drug-likeness (QED) is 0.302. The number of nitrogens with one attached hydrogen (secondary N) is 1. The van der Waals surface area contributed by atoms with Gasteiger partial charge in [-0.15, -0.1) is 24.0 Å². The van der Waals surface area contributed by atoms with E-state index in [4.69, 9.17) is 15.2 Å². The van der Waals surface area contributed by atoms with Gasteiger partial charge in [0.1, 0.15) is 11.3 Å². The van der Waals surface area contributed by atoms with Crippen LogP contribution in [0.1, 0.15) is 27.0 Å². The number of esters is 1. The van der Waals surface area contributed by atoms with Crippen LogP contribution in [-0.4, -0.2) is 26.1 Å². The second-order valence-corrected chi connectivity index (χ2v) is 5.73. The van der Waals surface area contributed by atoms with Gasteiger partial charge < -0.3 is 20.5 Å². The summed E-state index contributed by atoms with van der Waals surface area (Å²) in [6.07, 6.45) is 0. The molecule has 0 heterocycles. The Balaban J connectivity index is 0.00000338. The molecular formula is C19H24IN3O3. The Morgan fingerprint density at radius 1 is 1.12 bits per heavy atom. The van der Waals surface area contributed by atoms with Crippen molar-refractivity contribution in [3.8, 4) is 5.75 Å². The van der Waals surface area contributed by atoms with Crippen LogP contribution in [-0.2, 0) is 11.3 Å². The predicted octanol–water partition coefficient (Wildman–Crippen LogP) is 3.64. The van der Waals surface area contributed by atoms with Crippen molar-refractivity contribution in [2.45, 2.75) is 20.4 Å². The summed E-state index contributed by atoms with van der Waals surface area (Å²) in [5, 5.41) is 3.08. The van der Waals surface area contributed by atoms with Crippen molar-refractivity contribution >= 4 is 41.6 Å². The molecule has 7 heteroatoms. The number of hydrogen-bond donors (Lipinski definition) is 2. The molecule has 0 fully saturated rings. The van der Waals surface area contributed by atoms with E-state index in [9.17, 15) is 4.79 Å². The number of nitrogens with zero attached hydrogens (tertiary/aromatic N) is 1. The highest BCUT2D eigenvalue weighted by atomic mass is 127. The van der Waals surface area contributed by atoms with Crippen molar-refractivity contribution in [3.05, 3.63) is 58.7 Å². The Hall–Kier alpha value is -2.29. The van der Waals surface area contributed by atoms with Crippen LogP contribution in [0.15, 0.2) is 41.4 Å². The number of carbonyl (C=O) groups excluding carboxylic acids is 1. The molecular weight excluding hydrogens is 445 g/mol. The van der Waals surface area contributed by atoms with Crippen LogP contribution in [0.4, 0.5) is 5.69 Å². The molecule has 0 saturated carbocycles. The summed E-state index contributed by atoms with van der Waals surface area (Å²) in [4.78, 5) is 16.1. The van der Waals surface area contributed by atoms with Gasteiger partial charge in [-0.25, -0.2) is 9.79 Å². The van der Waals surface area contributed by atoms with Crippen LogP contribution in [0.2, 0.25) is 0 Å². The smallest absolute Gasteiger partial charge is 0.341 e. The number of methoxy groups -OCH3 is 2. The summed E-state index contributed by atoms with van der Waals surface area (Å²) >= 11 is 0. The summed E-state index contributed by atoms with van der Waals surface area (Å²) in [5.74, 6) is 0.311. The summed E-state index contributed by atoms with van der Waals surface area (Å²) in [6.45, 7) is 4.38. The van der Waals surface area contributed by atoms with Gasteiger partial charge in [0.2, 0.25) is 0 Å². The first-order valence-electron chi connectivity index (χ1n) is 7.83. The maximum absolute atomic E-state index is 11.8. The van der Waals surface area contributed by atoms with Crippen LogP contribution < -0.4 is 15.8 Å². The predicted molar refractivity (Wildman–Crippen MR) is 115 cm³/mol. The minimum Gasteiger partial charge on any atom is -0.496 e. The number of carbonyl (C=O) groups is 1. The van der Waals surface area contributed by atoms with E-state index in [0.29, 0.717) is 23.8 Å². The van der Waals surface area contributed by atoms with Gasteiger partial charge in [0.25, 0.3) is 0 Å². The highest BCUT2D eigenvalue weighted by Gasteiger charge is 2.13. The van der Waals surface area contributed by atoms with Crippen LogP contribution >= 0.6 is 24.0 Å². The van der Waals surface area contributed by atoms with Crippen LogP contribution in [0.25, 0.3) is 0 Å².